The third kappa shape index (κ3) is 2.83. The normalized spacial score (nSPS) is 14.9. The van der Waals surface area contributed by atoms with Crippen molar-refractivity contribution in [3.8, 4) is 0 Å². The van der Waals surface area contributed by atoms with E-state index in [2.05, 4.69) is 41.9 Å². The maximum atomic E-state index is 13.0. The van der Waals surface area contributed by atoms with Crippen molar-refractivity contribution in [3.05, 3.63) is 65.1 Å². The van der Waals surface area contributed by atoms with E-state index in [-0.39, 0.29) is 5.91 Å². The van der Waals surface area contributed by atoms with Gasteiger partial charge in [0.15, 0.2) is 0 Å². The summed E-state index contributed by atoms with van der Waals surface area (Å²) in [7, 11) is 0. The molecular weight excluding hydrogens is 324 g/mol. The maximum Gasteiger partial charge on any atom is 0.257 e. The van der Waals surface area contributed by atoms with Gasteiger partial charge in [-0.25, -0.2) is 4.98 Å². The van der Waals surface area contributed by atoms with Crippen LogP contribution in [-0.2, 0) is 0 Å². The summed E-state index contributed by atoms with van der Waals surface area (Å²) in [5.41, 5.74) is 6.26. The standard InChI is InChI=1S/C21H24N4O/c1-15-6-4-8-19(17(15)3)23-10-12-24(13-11-23)21(26)18-7-5-9-25-14-16(2)22-20(18)25/h4-9,14H,10-13H2,1-3H3. The van der Waals surface area contributed by atoms with Crippen molar-refractivity contribution in [3.63, 3.8) is 0 Å². The molecule has 0 bridgehead atoms. The van der Waals surface area contributed by atoms with E-state index >= 15 is 0 Å². The second-order valence-electron chi connectivity index (χ2n) is 7.03. The predicted molar refractivity (Wildman–Crippen MR) is 104 cm³/mol. The summed E-state index contributed by atoms with van der Waals surface area (Å²) in [6, 6.07) is 10.2. The van der Waals surface area contributed by atoms with E-state index in [1.165, 1.54) is 16.8 Å². The quantitative estimate of drug-likeness (QED) is 0.714. The Bertz CT molecular complexity index is 967. The minimum Gasteiger partial charge on any atom is -0.368 e. The molecule has 0 spiro atoms. The van der Waals surface area contributed by atoms with Gasteiger partial charge in [-0.2, -0.15) is 0 Å². The van der Waals surface area contributed by atoms with E-state index in [0.717, 1.165) is 37.5 Å². The van der Waals surface area contributed by atoms with Crippen molar-refractivity contribution in [2.24, 2.45) is 0 Å². The molecule has 5 nitrogen and oxygen atoms in total. The number of benzene rings is 1. The molecule has 4 rings (SSSR count). The highest BCUT2D eigenvalue weighted by Gasteiger charge is 2.25. The summed E-state index contributed by atoms with van der Waals surface area (Å²) in [5, 5.41) is 0. The monoisotopic (exact) mass is 348 g/mol. The van der Waals surface area contributed by atoms with Crippen molar-refractivity contribution in [2.45, 2.75) is 20.8 Å². The minimum absolute atomic E-state index is 0.0711. The number of piperazine rings is 1. The third-order valence-corrected chi connectivity index (χ3v) is 5.32. The molecule has 26 heavy (non-hydrogen) atoms. The molecule has 1 aliphatic rings. The van der Waals surface area contributed by atoms with Crippen LogP contribution >= 0.6 is 0 Å². The number of pyridine rings is 1. The van der Waals surface area contributed by atoms with Gasteiger partial charge in [0.2, 0.25) is 0 Å². The Morgan fingerprint density at radius 2 is 1.77 bits per heavy atom. The lowest BCUT2D eigenvalue weighted by Gasteiger charge is -2.37. The Labute approximate surface area is 153 Å². The van der Waals surface area contributed by atoms with Gasteiger partial charge in [0.1, 0.15) is 5.65 Å². The number of hydrogen-bond acceptors (Lipinski definition) is 3. The molecule has 3 heterocycles. The highest BCUT2D eigenvalue weighted by atomic mass is 16.2. The van der Waals surface area contributed by atoms with Gasteiger partial charge in [-0.1, -0.05) is 12.1 Å². The third-order valence-electron chi connectivity index (χ3n) is 5.32. The SMILES string of the molecule is Cc1cn2cccc(C(=O)N3CCN(c4cccc(C)c4C)CC3)c2n1. The zero-order chi connectivity index (χ0) is 18.3. The highest BCUT2D eigenvalue weighted by molar-refractivity contribution is 6.00. The van der Waals surface area contributed by atoms with Gasteiger partial charge in [-0.15, -0.1) is 0 Å². The molecule has 5 heteroatoms. The van der Waals surface area contributed by atoms with Crippen LogP contribution in [0.15, 0.2) is 42.7 Å². The summed E-state index contributed by atoms with van der Waals surface area (Å²) in [5.74, 6) is 0.0711. The first kappa shape index (κ1) is 16.6. The summed E-state index contributed by atoms with van der Waals surface area (Å²) >= 11 is 0. The van der Waals surface area contributed by atoms with Gasteiger partial charge in [0.25, 0.3) is 5.91 Å². The Morgan fingerprint density at radius 1 is 1.00 bits per heavy atom. The molecular formula is C21H24N4O. The lowest BCUT2D eigenvalue weighted by molar-refractivity contribution is 0.0748. The second kappa shape index (κ2) is 6.48. The number of amides is 1. The van der Waals surface area contributed by atoms with Crippen LogP contribution in [0, 0.1) is 20.8 Å². The largest absolute Gasteiger partial charge is 0.368 e. The Hall–Kier alpha value is -2.82. The molecule has 2 aromatic heterocycles. The van der Waals surface area contributed by atoms with E-state index in [1.807, 2.05) is 40.8 Å². The lowest BCUT2D eigenvalue weighted by atomic mass is 10.1. The van der Waals surface area contributed by atoms with Crippen molar-refractivity contribution in [1.29, 1.82) is 0 Å². The first-order valence-electron chi connectivity index (χ1n) is 9.09. The van der Waals surface area contributed by atoms with Gasteiger partial charge in [0, 0.05) is 44.3 Å². The number of aryl methyl sites for hydroxylation is 2. The van der Waals surface area contributed by atoms with Crippen LogP contribution in [0.4, 0.5) is 5.69 Å². The first-order chi connectivity index (χ1) is 12.5. The van der Waals surface area contributed by atoms with Crippen LogP contribution in [0.2, 0.25) is 0 Å². The number of imidazole rings is 1. The number of anilines is 1. The van der Waals surface area contributed by atoms with E-state index in [9.17, 15) is 4.79 Å². The first-order valence-corrected chi connectivity index (χ1v) is 9.09. The molecule has 0 radical (unpaired) electrons. The Kier molecular flexibility index (Phi) is 4.15. The molecule has 1 saturated heterocycles. The molecule has 0 aliphatic carbocycles. The number of hydrogen-bond donors (Lipinski definition) is 0. The maximum absolute atomic E-state index is 13.0. The van der Waals surface area contributed by atoms with E-state index in [4.69, 9.17) is 0 Å². The number of fused-ring (bicyclic) bond motifs is 1. The lowest BCUT2D eigenvalue weighted by Crippen LogP contribution is -2.49. The van der Waals surface area contributed by atoms with Gasteiger partial charge in [-0.05, 0) is 50.1 Å². The fourth-order valence-corrected chi connectivity index (χ4v) is 3.70. The van der Waals surface area contributed by atoms with Crippen LogP contribution in [0.25, 0.3) is 5.65 Å². The van der Waals surface area contributed by atoms with Gasteiger partial charge in [0.05, 0.1) is 11.3 Å². The van der Waals surface area contributed by atoms with Crippen LogP contribution in [0.3, 0.4) is 0 Å². The average Bonchev–Trinajstić information content (AvgIpc) is 3.04. The summed E-state index contributed by atoms with van der Waals surface area (Å²) < 4.78 is 1.93. The number of nitrogens with zero attached hydrogens (tertiary/aromatic N) is 4. The summed E-state index contributed by atoms with van der Waals surface area (Å²) in [6.45, 7) is 9.43. The molecule has 134 valence electrons. The predicted octanol–water partition coefficient (Wildman–Crippen LogP) is 3.22. The number of carbonyl (C=O) groups excluding carboxylic acids is 1. The smallest absolute Gasteiger partial charge is 0.257 e. The van der Waals surface area contributed by atoms with E-state index < -0.39 is 0 Å². The minimum atomic E-state index is 0.0711. The molecule has 1 fully saturated rings. The van der Waals surface area contributed by atoms with Gasteiger partial charge < -0.3 is 14.2 Å². The fraction of sp³-hybridized carbons (Fsp3) is 0.333. The number of aromatic nitrogens is 2. The zero-order valence-corrected chi connectivity index (χ0v) is 15.6. The molecule has 0 N–H and O–H groups in total. The Morgan fingerprint density at radius 3 is 2.54 bits per heavy atom. The van der Waals surface area contributed by atoms with Gasteiger partial charge >= 0.3 is 0 Å². The molecule has 0 atom stereocenters. The van der Waals surface area contributed by atoms with Crippen LogP contribution in [-0.4, -0.2) is 46.4 Å². The molecule has 0 unspecified atom stereocenters. The average molecular weight is 348 g/mol. The highest BCUT2D eigenvalue weighted by Crippen LogP contribution is 2.24. The van der Waals surface area contributed by atoms with E-state index in [1.54, 1.807) is 0 Å². The molecule has 1 amide bonds. The zero-order valence-electron chi connectivity index (χ0n) is 15.6. The topological polar surface area (TPSA) is 40.9 Å². The molecule has 3 aromatic rings. The fourth-order valence-electron chi connectivity index (χ4n) is 3.70. The van der Waals surface area contributed by atoms with Crippen LogP contribution in [0.5, 0.6) is 0 Å². The van der Waals surface area contributed by atoms with Crippen molar-refractivity contribution < 1.29 is 4.79 Å². The summed E-state index contributed by atoms with van der Waals surface area (Å²) in [6.07, 6.45) is 3.88. The van der Waals surface area contributed by atoms with Crippen molar-refractivity contribution >= 4 is 17.2 Å². The molecule has 1 aliphatic heterocycles. The van der Waals surface area contributed by atoms with E-state index in [0.29, 0.717) is 5.56 Å². The van der Waals surface area contributed by atoms with Crippen LogP contribution in [0.1, 0.15) is 27.2 Å². The van der Waals surface area contributed by atoms with Gasteiger partial charge in [-0.3, -0.25) is 4.79 Å². The Balaban J connectivity index is 1.52. The molecule has 0 saturated carbocycles. The summed E-state index contributed by atoms with van der Waals surface area (Å²) in [4.78, 5) is 21.9. The second-order valence-corrected chi connectivity index (χ2v) is 7.03. The van der Waals surface area contributed by atoms with Crippen LogP contribution < -0.4 is 4.90 Å². The number of carbonyl (C=O) groups is 1. The number of rotatable bonds is 2. The van der Waals surface area contributed by atoms with Crippen molar-refractivity contribution in [2.75, 3.05) is 31.1 Å². The van der Waals surface area contributed by atoms with Crippen molar-refractivity contribution in [1.82, 2.24) is 14.3 Å². The molecule has 1 aromatic carbocycles.